The molecule has 0 aromatic heterocycles. The minimum Gasteiger partial charge on any atom is -0.493 e. The molecule has 0 amide bonds. The van der Waals surface area contributed by atoms with Crippen molar-refractivity contribution in [3.63, 3.8) is 0 Å². The molecule has 0 heterocycles. The van der Waals surface area contributed by atoms with Crippen LogP contribution in [0.25, 0.3) is 0 Å². The van der Waals surface area contributed by atoms with Crippen molar-refractivity contribution in [1.29, 1.82) is 0 Å². The highest BCUT2D eigenvalue weighted by Crippen LogP contribution is 2.24. The first-order valence-electron chi connectivity index (χ1n) is 6.09. The van der Waals surface area contributed by atoms with E-state index in [0.29, 0.717) is 19.1 Å². The predicted molar refractivity (Wildman–Crippen MR) is 70.8 cm³/mol. The maximum atomic E-state index is 10.7. The molecule has 18 heavy (non-hydrogen) atoms. The van der Waals surface area contributed by atoms with E-state index in [1.165, 1.54) is 6.07 Å². The smallest absolute Gasteiger partial charge is 0.270 e. The summed E-state index contributed by atoms with van der Waals surface area (Å²) in [4.78, 5) is 10.3. The SMILES string of the molecule is CNCc1cc([N+](=O)[O-])ccc1OCCC(C)C. The fourth-order valence-corrected chi connectivity index (χ4v) is 1.55. The van der Waals surface area contributed by atoms with Crippen molar-refractivity contribution in [3.8, 4) is 5.75 Å². The van der Waals surface area contributed by atoms with Crippen LogP contribution in [-0.4, -0.2) is 18.6 Å². The molecule has 1 N–H and O–H groups in total. The van der Waals surface area contributed by atoms with Crippen LogP contribution in [0.1, 0.15) is 25.8 Å². The summed E-state index contributed by atoms with van der Waals surface area (Å²) < 4.78 is 5.67. The Morgan fingerprint density at radius 2 is 2.17 bits per heavy atom. The second kappa shape index (κ2) is 6.96. The van der Waals surface area contributed by atoms with Crippen LogP contribution in [0.5, 0.6) is 5.75 Å². The quantitative estimate of drug-likeness (QED) is 0.598. The largest absolute Gasteiger partial charge is 0.493 e. The molecule has 5 heteroatoms. The molecule has 0 aliphatic heterocycles. The van der Waals surface area contributed by atoms with Gasteiger partial charge in [0.15, 0.2) is 0 Å². The molecular formula is C13H20N2O3. The summed E-state index contributed by atoms with van der Waals surface area (Å²) in [5, 5.41) is 13.7. The fraction of sp³-hybridized carbons (Fsp3) is 0.538. The van der Waals surface area contributed by atoms with E-state index in [0.717, 1.165) is 17.7 Å². The summed E-state index contributed by atoms with van der Waals surface area (Å²) >= 11 is 0. The van der Waals surface area contributed by atoms with Gasteiger partial charge >= 0.3 is 0 Å². The third-order valence-electron chi connectivity index (χ3n) is 2.57. The van der Waals surface area contributed by atoms with E-state index in [-0.39, 0.29) is 5.69 Å². The minimum atomic E-state index is -0.392. The third kappa shape index (κ3) is 4.33. The standard InChI is InChI=1S/C13H20N2O3/c1-10(2)6-7-18-13-5-4-12(15(16)17)8-11(13)9-14-3/h4-5,8,10,14H,6-7,9H2,1-3H3. The number of benzene rings is 1. The Kier molecular flexibility index (Phi) is 5.58. The lowest BCUT2D eigenvalue weighted by Crippen LogP contribution is -2.09. The van der Waals surface area contributed by atoms with Crippen LogP contribution < -0.4 is 10.1 Å². The van der Waals surface area contributed by atoms with Gasteiger partial charge in [-0.2, -0.15) is 0 Å². The topological polar surface area (TPSA) is 64.4 Å². The number of nitrogens with zero attached hydrogens (tertiary/aromatic N) is 1. The van der Waals surface area contributed by atoms with Crippen LogP contribution in [-0.2, 0) is 6.54 Å². The minimum absolute atomic E-state index is 0.0939. The number of hydrogen-bond donors (Lipinski definition) is 1. The van der Waals surface area contributed by atoms with Gasteiger partial charge in [0.05, 0.1) is 11.5 Å². The van der Waals surface area contributed by atoms with Crippen LogP contribution in [0.3, 0.4) is 0 Å². The van der Waals surface area contributed by atoms with Crippen molar-refractivity contribution in [2.24, 2.45) is 5.92 Å². The zero-order valence-electron chi connectivity index (χ0n) is 11.1. The number of rotatable bonds is 7. The second-order valence-corrected chi connectivity index (χ2v) is 4.61. The summed E-state index contributed by atoms with van der Waals surface area (Å²) in [6, 6.07) is 4.70. The molecule has 0 aliphatic carbocycles. The Hall–Kier alpha value is -1.62. The van der Waals surface area contributed by atoms with E-state index in [4.69, 9.17) is 4.74 Å². The van der Waals surface area contributed by atoms with Crippen LogP contribution in [0.4, 0.5) is 5.69 Å². The number of nitro groups is 1. The first-order valence-corrected chi connectivity index (χ1v) is 6.09. The molecule has 0 aliphatic rings. The lowest BCUT2D eigenvalue weighted by atomic mass is 10.1. The van der Waals surface area contributed by atoms with E-state index in [2.05, 4.69) is 19.2 Å². The molecule has 0 bridgehead atoms. The fourth-order valence-electron chi connectivity index (χ4n) is 1.55. The normalized spacial score (nSPS) is 10.7. The monoisotopic (exact) mass is 252 g/mol. The van der Waals surface area contributed by atoms with Crippen molar-refractivity contribution < 1.29 is 9.66 Å². The highest BCUT2D eigenvalue weighted by atomic mass is 16.6. The maximum Gasteiger partial charge on any atom is 0.270 e. The van der Waals surface area contributed by atoms with E-state index >= 15 is 0 Å². The molecule has 0 radical (unpaired) electrons. The van der Waals surface area contributed by atoms with Crippen LogP contribution in [0.15, 0.2) is 18.2 Å². The summed E-state index contributed by atoms with van der Waals surface area (Å²) in [6.45, 7) is 5.45. The molecule has 0 saturated heterocycles. The van der Waals surface area contributed by atoms with E-state index in [9.17, 15) is 10.1 Å². The first-order chi connectivity index (χ1) is 8.54. The van der Waals surface area contributed by atoms with Crippen molar-refractivity contribution in [2.75, 3.05) is 13.7 Å². The molecule has 0 saturated carbocycles. The second-order valence-electron chi connectivity index (χ2n) is 4.61. The Balaban J connectivity index is 2.79. The van der Waals surface area contributed by atoms with Crippen LogP contribution in [0, 0.1) is 16.0 Å². The van der Waals surface area contributed by atoms with Crippen molar-refractivity contribution in [1.82, 2.24) is 5.32 Å². The lowest BCUT2D eigenvalue weighted by molar-refractivity contribution is -0.384. The molecule has 0 unspecified atom stereocenters. The highest BCUT2D eigenvalue weighted by molar-refractivity contribution is 5.43. The molecular weight excluding hydrogens is 232 g/mol. The average molecular weight is 252 g/mol. The Morgan fingerprint density at radius 1 is 1.44 bits per heavy atom. The Labute approximate surface area is 107 Å². The number of ether oxygens (including phenoxy) is 1. The van der Waals surface area contributed by atoms with Gasteiger partial charge in [0.2, 0.25) is 0 Å². The molecule has 5 nitrogen and oxygen atoms in total. The molecule has 0 spiro atoms. The average Bonchev–Trinajstić information content (AvgIpc) is 2.30. The highest BCUT2D eigenvalue weighted by Gasteiger charge is 2.11. The van der Waals surface area contributed by atoms with Gasteiger partial charge in [0.1, 0.15) is 5.75 Å². The Bertz CT molecular complexity index is 405. The number of hydrogen-bond acceptors (Lipinski definition) is 4. The van der Waals surface area contributed by atoms with Gasteiger partial charge in [-0.15, -0.1) is 0 Å². The molecule has 0 fully saturated rings. The van der Waals surface area contributed by atoms with E-state index in [1.807, 2.05) is 0 Å². The van der Waals surface area contributed by atoms with Gasteiger partial charge in [-0.05, 0) is 25.5 Å². The summed E-state index contributed by atoms with van der Waals surface area (Å²) in [6.07, 6.45) is 0.968. The van der Waals surface area contributed by atoms with Crippen molar-refractivity contribution in [2.45, 2.75) is 26.8 Å². The third-order valence-corrected chi connectivity index (χ3v) is 2.57. The predicted octanol–water partition coefficient (Wildman–Crippen LogP) is 2.74. The van der Waals surface area contributed by atoms with Crippen molar-refractivity contribution in [3.05, 3.63) is 33.9 Å². The van der Waals surface area contributed by atoms with Gasteiger partial charge < -0.3 is 10.1 Å². The van der Waals surface area contributed by atoms with Gasteiger partial charge in [-0.1, -0.05) is 13.8 Å². The zero-order valence-corrected chi connectivity index (χ0v) is 11.1. The molecule has 100 valence electrons. The van der Waals surface area contributed by atoms with Gasteiger partial charge in [0.25, 0.3) is 5.69 Å². The van der Waals surface area contributed by atoms with Gasteiger partial charge in [-0.25, -0.2) is 0 Å². The summed E-state index contributed by atoms with van der Waals surface area (Å²) in [5.74, 6) is 1.30. The first kappa shape index (κ1) is 14.4. The summed E-state index contributed by atoms with van der Waals surface area (Å²) in [7, 11) is 1.80. The molecule has 1 aromatic carbocycles. The molecule has 1 rings (SSSR count). The number of nitrogens with one attached hydrogen (secondary N) is 1. The maximum absolute atomic E-state index is 10.7. The van der Waals surface area contributed by atoms with Crippen LogP contribution in [0.2, 0.25) is 0 Å². The van der Waals surface area contributed by atoms with Gasteiger partial charge in [0, 0.05) is 24.2 Å². The van der Waals surface area contributed by atoms with Crippen molar-refractivity contribution >= 4 is 5.69 Å². The number of non-ortho nitro benzene ring substituents is 1. The van der Waals surface area contributed by atoms with E-state index < -0.39 is 4.92 Å². The Morgan fingerprint density at radius 3 is 2.72 bits per heavy atom. The molecule has 0 atom stereocenters. The molecule has 1 aromatic rings. The zero-order chi connectivity index (χ0) is 13.5. The van der Waals surface area contributed by atoms with Gasteiger partial charge in [-0.3, -0.25) is 10.1 Å². The lowest BCUT2D eigenvalue weighted by Gasteiger charge is -2.12. The van der Waals surface area contributed by atoms with Crippen LogP contribution >= 0.6 is 0 Å². The summed E-state index contributed by atoms with van der Waals surface area (Å²) in [5.41, 5.74) is 0.909. The number of nitro benzene ring substituents is 1. The van der Waals surface area contributed by atoms with E-state index in [1.54, 1.807) is 19.2 Å².